The Labute approximate surface area is 97.2 Å². The smallest absolute Gasteiger partial charge is 0.0751 e. The van der Waals surface area contributed by atoms with Crippen LogP contribution in [0.5, 0.6) is 0 Å². The van der Waals surface area contributed by atoms with Crippen LogP contribution < -0.4 is 0 Å². The fourth-order valence-electron chi connectivity index (χ4n) is 1.42. The van der Waals surface area contributed by atoms with E-state index in [1.165, 1.54) is 11.1 Å². The number of rotatable bonds is 2. The van der Waals surface area contributed by atoms with Crippen molar-refractivity contribution in [3.05, 3.63) is 41.2 Å². The molecule has 2 aromatic rings. The summed E-state index contributed by atoms with van der Waals surface area (Å²) in [6, 6.07) is 6.28. The predicted molar refractivity (Wildman–Crippen MR) is 63.5 cm³/mol. The molecule has 0 N–H and O–H groups in total. The first-order valence-corrected chi connectivity index (χ1v) is 5.87. The minimum atomic E-state index is 0.757. The molecule has 0 unspecified atom stereocenters. The van der Waals surface area contributed by atoms with Crippen molar-refractivity contribution < 1.29 is 0 Å². The van der Waals surface area contributed by atoms with E-state index in [0.29, 0.717) is 0 Å². The Morgan fingerprint density at radius 2 is 2.07 bits per heavy atom. The second-order valence-corrected chi connectivity index (χ2v) is 4.10. The molecule has 1 heterocycles. The quantitative estimate of drug-likeness (QED) is 0.782. The molecule has 15 heavy (non-hydrogen) atoms. The maximum atomic E-state index is 4.06. The van der Waals surface area contributed by atoms with Crippen molar-refractivity contribution in [3.8, 4) is 5.69 Å². The van der Waals surface area contributed by atoms with Gasteiger partial charge >= 0.3 is 0 Å². The molecule has 3 nitrogen and oxygen atoms in total. The third kappa shape index (κ3) is 1.95. The summed E-state index contributed by atoms with van der Waals surface area (Å²) < 4.78 is 1.85. The molecule has 0 radical (unpaired) electrons. The second kappa shape index (κ2) is 4.14. The highest BCUT2D eigenvalue weighted by Gasteiger charge is 2.05. The number of aromatic nitrogens is 3. The highest BCUT2D eigenvalue weighted by molar-refractivity contribution is 9.08. The summed E-state index contributed by atoms with van der Waals surface area (Å²) in [5, 5.41) is 8.73. The number of hydrogen-bond acceptors (Lipinski definition) is 2. The summed E-state index contributed by atoms with van der Waals surface area (Å²) in [5.41, 5.74) is 4.67. The lowest BCUT2D eigenvalue weighted by molar-refractivity contribution is 0.782. The van der Waals surface area contributed by atoms with Gasteiger partial charge in [0.15, 0.2) is 0 Å². The van der Waals surface area contributed by atoms with Crippen LogP contribution in [0.2, 0.25) is 0 Å². The van der Waals surface area contributed by atoms with E-state index >= 15 is 0 Å². The molecule has 0 bridgehead atoms. The number of nitrogens with zero attached hydrogens (tertiary/aromatic N) is 3. The number of hydrogen-bond donors (Lipinski definition) is 0. The molecule has 0 spiro atoms. The van der Waals surface area contributed by atoms with Crippen LogP contribution >= 0.6 is 15.9 Å². The van der Waals surface area contributed by atoms with Crippen molar-refractivity contribution in [1.82, 2.24) is 15.0 Å². The van der Waals surface area contributed by atoms with Gasteiger partial charge in [-0.25, -0.2) is 4.68 Å². The predicted octanol–water partition coefficient (Wildman–Crippen LogP) is 2.78. The van der Waals surface area contributed by atoms with Gasteiger partial charge < -0.3 is 0 Å². The Hall–Kier alpha value is -1.16. The lowest BCUT2D eigenvalue weighted by atomic mass is 10.1. The zero-order chi connectivity index (χ0) is 10.8. The molecule has 0 atom stereocenters. The molecule has 78 valence electrons. The molecule has 0 aliphatic carbocycles. The highest BCUT2D eigenvalue weighted by Crippen LogP contribution is 2.15. The summed E-state index contributed by atoms with van der Waals surface area (Å²) >= 11 is 3.42. The number of aryl methyl sites for hydroxylation is 2. The molecular formula is C11H12BrN3. The van der Waals surface area contributed by atoms with E-state index in [1.807, 2.05) is 4.68 Å². The van der Waals surface area contributed by atoms with Crippen molar-refractivity contribution in [3.63, 3.8) is 0 Å². The molecular weight excluding hydrogens is 254 g/mol. The Kier molecular flexibility index (Phi) is 2.86. The highest BCUT2D eigenvalue weighted by atomic mass is 79.9. The number of alkyl halides is 1. The van der Waals surface area contributed by atoms with Crippen LogP contribution in [0, 0.1) is 13.8 Å². The van der Waals surface area contributed by atoms with E-state index in [9.17, 15) is 0 Å². The molecule has 4 heteroatoms. The van der Waals surface area contributed by atoms with Gasteiger partial charge in [0, 0.05) is 5.33 Å². The van der Waals surface area contributed by atoms with Gasteiger partial charge in [0.2, 0.25) is 0 Å². The fourth-order valence-corrected chi connectivity index (χ4v) is 1.80. The average Bonchev–Trinajstić information content (AvgIpc) is 2.70. The fraction of sp³-hybridized carbons (Fsp3) is 0.273. The van der Waals surface area contributed by atoms with E-state index < -0.39 is 0 Å². The van der Waals surface area contributed by atoms with Gasteiger partial charge in [0.1, 0.15) is 0 Å². The lowest BCUT2D eigenvalue weighted by Crippen LogP contribution is -2.01. The topological polar surface area (TPSA) is 30.7 Å². The van der Waals surface area contributed by atoms with Crippen LogP contribution in [0.25, 0.3) is 5.69 Å². The molecule has 2 rings (SSSR count). The van der Waals surface area contributed by atoms with Gasteiger partial charge in [-0.2, -0.15) is 0 Å². The third-order valence-electron chi connectivity index (χ3n) is 2.49. The molecule has 0 aliphatic rings. The summed E-state index contributed by atoms with van der Waals surface area (Å²) in [7, 11) is 0. The SMILES string of the molecule is Cc1ccc(-n2nncc2CBr)cc1C. The van der Waals surface area contributed by atoms with Crippen LogP contribution in [0.4, 0.5) is 0 Å². The van der Waals surface area contributed by atoms with Gasteiger partial charge in [0.05, 0.1) is 17.6 Å². The summed E-state index contributed by atoms with van der Waals surface area (Å²) in [6.45, 7) is 4.20. The summed E-state index contributed by atoms with van der Waals surface area (Å²) in [5.74, 6) is 0. The lowest BCUT2D eigenvalue weighted by Gasteiger charge is -2.06. The minimum absolute atomic E-state index is 0.757. The van der Waals surface area contributed by atoms with Gasteiger partial charge in [-0.3, -0.25) is 0 Å². The van der Waals surface area contributed by atoms with Crippen LogP contribution in [0.3, 0.4) is 0 Å². The summed E-state index contributed by atoms with van der Waals surface area (Å²) in [4.78, 5) is 0. The molecule has 0 saturated carbocycles. The third-order valence-corrected chi connectivity index (χ3v) is 3.07. The zero-order valence-corrected chi connectivity index (χ0v) is 10.3. The van der Waals surface area contributed by atoms with Gasteiger partial charge in [-0.1, -0.05) is 27.2 Å². The maximum Gasteiger partial charge on any atom is 0.0751 e. The van der Waals surface area contributed by atoms with Crippen molar-refractivity contribution >= 4 is 15.9 Å². The Bertz CT molecular complexity index is 476. The van der Waals surface area contributed by atoms with E-state index in [2.05, 4.69) is 58.3 Å². The Balaban J connectivity index is 2.50. The molecule has 1 aromatic heterocycles. The van der Waals surface area contributed by atoms with E-state index in [1.54, 1.807) is 6.20 Å². The molecule has 0 saturated heterocycles. The first kappa shape index (κ1) is 10.4. The minimum Gasteiger partial charge on any atom is -0.217 e. The van der Waals surface area contributed by atoms with E-state index in [-0.39, 0.29) is 0 Å². The number of halogens is 1. The average molecular weight is 266 g/mol. The largest absolute Gasteiger partial charge is 0.217 e. The van der Waals surface area contributed by atoms with Gasteiger partial charge in [-0.05, 0) is 37.1 Å². The molecule has 0 fully saturated rings. The van der Waals surface area contributed by atoms with Crippen LogP contribution in [0.1, 0.15) is 16.8 Å². The van der Waals surface area contributed by atoms with Crippen molar-refractivity contribution in [1.29, 1.82) is 0 Å². The monoisotopic (exact) mass is 265 g/mol. The Morgan fingerprint density at radius 1 is 1.27 bits per heavy atom. The Morgan fingerprint density at radius 3 is 2.73 bits per heavy atom. The van der Waals surface area contributed by atoms with Crippen LogP contribution in [0.15, 0.2) is 24.4 Å². The molecule has 0 aliphatic heterocycles. The van der Waals surface area contributed by atoms with Crippen LogP contribution in [-0.4, -0.2) is 15.0 Å². The van der Waals surface area contributed by atoms with Crippen molar-refractivity contribution in [2.75, 3.05) is 0 Å². The first-order valence-electron chi connectivity index (χ1n) is 4.75. The maximum absolute atomic E-state index is 4.06. The normalized spacial score (nSPS) is 10.6. The van der Waals surface area contributed by atoms with E-state index in [0.717, 1.165) is 16.7 Å². The van der Waals surface area contributed by atoms with E-state index in [4.69, 9.17) is 0 Å². The van der Waals surface area contributed by atoms with Gasteiger partial charge in [-0.15, -0.1) is 5.10 Å². The standard InChI is InChI=1S/C11H12BrN3/c1-8-3-4-10(5-9(8)2)15-11(6-12)7-13-14-15/h3-5,7H,6H2,1-2H3. The zero-order valence-electron chi connectivity index (χ0n) is 8.74. The number of benzene rings is 1. The van der Waals surface area contributed by atoms with Crippen molar-refractivity contribution in [2.24, 2.45) is 0 Å². The first-order chi connectivity index (χ1) is 7.22. The van der Waals surface area contributed by atoms with Crippen molar-refractivity contribution in [2.45, 2.75) is 19.2 Å². The second-order valence-electron chi connectivity index (χ2n) is 3.54. The molecule has 1 aromatic carbocycles. The summed E-state index contributed by atoms with van der Waals surface area (Å²) in [6.07, 6.45) is 1.77. The van der Waals surface area contributed by atoms with Crippen LogP contribution in [-0.2, 0) is 5.33 Å². The molecule has 0 amide bonds. The van der Waals surface area contributed by atoms with Gasteiger partial charge in [0.25, 0.3) is 0 Å².